The Morgan fingerprint density at radius 3 is 2.77 bits per heavy atom. The molecule has 0 atom stereocenters. The minimum Gasteiger partial charge on any atom is -0.494 e. The first-order chi connectivity index (χ1) is 10.7. The predicted molar refractivity (Wildman–Crippen MR) is 86.0 cm³/mol. The van der Waals surface area contributed by atoms with Gasteiger partial charge in [0.15, 0.2) is 0 Å². The molecule has 22 heavy (non-hydrogen) atoms. The smallest absolute Gasteiger partial charge is 0.119 e. The number of aromatic amines is 1. The molecule has 0 saturated heterocycles. The second-order valence-corrected chi connectivity index (χ2v) is 5.44. The summed E-state index contributed by atoms with van der Waals surface area (Å²) in [7, 11) is 0. The van der Waals surface area contributed by atoms with Crippen molar-refractivity contribution in [3.8, 4) is 5.75 Å². The number of benzene rings is 1. The van der Waals surface area contributed by atoms with Crippen LogP contribution < -0.4 is 4.74 Å². The fourth-order valence-corrected chi connectivity index (χ4v) is 2.26. The number of azide groups is 1. The van der Waals surface area contributed by atoms with Gasteiger partial charge in [0.05, 0.1) is 12.8 Å². The second-order valence-electron chi connectivity index (χ2n) is 5.44. The minimum atomic E-state index is 0.441. The number of hydrogen-bond acceptors (Lipinski definition) is 3. The van der Waals surface area contributed by atoms with Crippen LogP contribution in [0.3, 0.4) is 0 Å². The first kappa shape index (κ1) is 15.9. The highest BCUT2D eigenvalue weighted by atomic mass is 16.5. The van der Waals surface area contributed by atoms with Gasteiger partial charge in [-0.1, -0.05) is 31.1 Å². The van der Waals surface area contributed by atoms with Crippen molar-refractivity contribution in [1.29, 1.82) is 0 Å². The van der Waals surface area contributed by atoms with Crippen LogP contribution in [0.5, 0.6) is 5.75 Å². The molecule has 2 aromatic rings. The van der Waals surface area contributed by atoms with Gasteiger partial charge in [0.1, 0.15) is 5.75 Å². The summed E-state index contributed by atoms with van der Waals surface area (Å²) in [5.74, 6) is 1.28. The molecule has 2 rings (SSSR count). The third kappa shape index (κ3) is 4.53. The van der Waals surface area contributed by atoms with Gasteiger partial charge in [0, 0.05) is 23.6 Å². The van der Waals surface area contributed by atoms with E-state index in [2.05, 4.69) is 46.2 Å². The van der Waals surface area contributed by atoms with Gasteiger partial charge in [-0.2, -0.15) is 5.10 Å². The van der Waals surface area contributed by atoms with Crippen molar-refractivity contribution in [3.05, 3.63) is 57.7 Å². The van der Waals surface area contributed by atoms with E-state index in [9.17, 15) is 0 Å². The van der Waals surface area contributed by atoms with E-state index in [0.717, 1.165) is 18.6 Å². The highest BCUT2D eigenvalue weighted by Gasteiger charge is 2.09. The fourth-order valence-electron chi connectivity index (χ4n) is 2.26. The van der Waals surface area contributed by atoms with Crippen LogP contribution in [-0.4, -0.2) is 23.3 Å². The second kappa shape index (κ2) is 8.10. The maximum Gasteiger partial charge on any atom is 0.119 e. The topological polar surface area (TPSA) is 86.7 Å². The van der Waals surface area contributed by atoms with Crippen molar-refractivity contribution >= 4 is 0 Å². The maximum absolute atomic E-state index is 8.18. The minimum absolute atomic E-state index is 0.441. The van der Waals surface area contributed by atoms with Crippen LogP contribution in [-0.2, 0) is 6.42 Å². The number of ether oxygens (including phenoxy) is 1. The monoisotopic (exact) mass is 299 g/mol. The lowest BCUT2D eigenvalue weighted by atomic mass is 10.0. The van der Waals surface area contributed by atoms with Gasteiger partial charge in [-0.25, -0.2) is 0 Å². The first-order valence-electron chi connectivity index (χ1n) is 7.45. The molecule has 0 saturated carbocycles. The third-order valence-electron chi connectivity index (χ3n) is 3.38. The molecule has 0 aliphatic rings. The molecule has 0 fully saturated rings. The Bertz CT molecular complexity index is 626. The molecule has 0 aliphatic carbocycles. The summed E-state index contributed by atoms with van der Waals surface area (Å²) in [6.07, 6.45) is 3.48. The van der Waals surface area contributed by atoms with Gasteiger partial charge in [-0.3, -0.25) is 5.10 Å². The van der Waals surface area contributed by atoms with E-state index in [1.807, 2.05) is 18.3 Å². The first-order valence-corrected chi connectivity index (χ1v) is 7.45. The molecule has 1 aromatic heterocycles. The Morgan fingerprint density at radius 1 is 1.32 bits per heavy atom. The van der Waals surface area contributed by atoms with Gasteiger partial charge in [0.25, 0.3) is 0 Å². The number of rotatable bonds is 8. The van der Waals surface area contributed by atoms with Crippen molar-refractivity contribution in [2.24, 2.45) is 5.11 Å². The fraction of sp³-hybridized carbons (Fsp3) is 0.438. The van der Waals surface area contributed by atoms with Crippen molar-refractivity contribution in [2.75, 3.05) is 13.2 Å². The lowest BCUT2D eigenvalue weighted by molar-refractivity contribution is 0.313. The van der Waals surface area contributed by atoms with E-state index in [4.69, 9.17) is 10.3 Å². The molecule has 0 radical (unpaired) electrons. The van der Waals surface area contributed by atoms with Crippen LogP contribution in [0.25, 0.3) is 10.4 Å². The molecule has 1 N–H and O–H groups in total. The zero-order valence-corrected chi connectivity index (χ0v) is 13.0. The molecule has 0 spiro atoms. The number of nitrogens with zero attached hydrogens (tertiary/aromatic N) is 4. The molecular formula is C16H21N5O. The lowest BCUT2D eigenvalue weighted by Crippen LogP contribution is -1.99. The molecule has 0 unspecified atom stereocenters. The van der Waals surface area contributed by atoms with Crippen molar-refractivity contribution in [2.45, 2.75) is 32.6 Å². The quantitative estimate of drug-likeness (QED) is 0.342. The summed E-state index contributed by atoms with van der Waals surface area (Å²) in [6.45, 7) is 5.33. The van der Waals surface area contributed by atoms with Crippen LogP contribution in [0.15, 0.2) is 35.6 Å². The maximum atomic E-state index is 8.18. The average Bonchev–Trinajstić information content (AvgIpc) is 2.97. The summed E-state index contributed by atoms with van der Waals surface area (Å²) in [6, 6.07) is 8.08. The molecule has 0 aliphatic heterocycles. The van der Waals surface area contributed by atoms with Gasteiger partial charge in [-0.05, 0) is 41.1 Å². The van der Waals surface area contributed by atoms with Crippen molar-refractivity contribution < 1.29 is 4.74 Å². The summed E-state index contributed by atoms with van der Waals surface area (Å²) < 4.78 is 5.60. The summed E-state index contributed by atoms with van der Waals surface area (Å²) in [4.78, 5) is 2.71. The van der Waals surface area contributed by atoms with Crippen LogP contribution in [0, 0.1) is 0 Å². The summed E-state index contributed by atoms with van der Waals surface area (Å²) in [5.41, 5.74) is 11.8. The summed E-state index contributed by atoms with van der Waals surface area (Å²) in [5, 5.41) is 10.7. The Kier molecular flexibility index (Phi) is 5.86. The van der Waals surface area contributed by atoms with E-state index >= 15 is 0 Å². The van der Waals surface area contributed by atoms with Gasteiger partial charge in [0.2, 0.25) is 0 Å². The van der Waals surface area contributed by atoms with Crippen LogP contribution in [0.2, 0.25) is 0 Å². The highest BCUT2D eigenvalue weighted by Crippen LogP contribution is 2.21. The largest absolute Gasteiger partial charge is 0.494 e. The number of nitrogens with one attached hydrogen (secondary N) is 1. The zero-order valence-electron chi connectivity index (χ0n) is 13.0. The number of hydrogen-bond donors (Lipinski definition) is 1. The van der Waals surface area contributed by atoms with E-state index < -0.39 is 0 Å². The van der Waals surface area contributed by atoms with Crippen molar-refractivity contribution in [1.82, 2.24) is 10.2 Å². The van der Waals surface area contributed by atoms with Gasteiger partial charge in [-0.15, -0.1) is 0 Å². The number of H-pyrrole nitrogens is 1. The van der Waals surface area contributed by atoms with Crippen LogP contribution >= 0.6 is 0 Å². The van der Waals surface area contributed by atoms with Crippen LogP contribution in [0.4, 0.5) is 0 Å². The SMILES string of the molecule is CC(C)c1[nH]ncc1Cc1ccc(OCCCN=[N+]=[N-])cc1. The molecule has 0 amide bonds. The van der Waals surface area contributed by atoms with E-state index in [0.29, 0.717) is 19.1 Å². The van der Waals surface area contributed by atoms with Gasteiger partial charge < -0.3 is 4.74 Å². The van der Waals surface area contributed by atoms with Crippen LogP contribution in [0.1, 0.15) is 43.0 Å². The molecule has 6 nitrogen and oxygen atoms in total. The highest BCUT2D eigenvalue weighted by molar-refractivity contribution is 5.32. The van der Waals surface area contributed by atoms with E-state index in [-0.39, 0.29) is 0 Å². The Labute approximate surface area is 130 Å². The lowest BCUT2D eigenvalue weighted by Gasteiger charge is -2.08. The Hall–Kier alpha value is -2.46. The normalized spacial score (nSPS) is 10.5. The molecule has 1 heterocycles. The Morgan fingerprint density at radius 2 is 2.09 bits per heavy atom. The zero-order chi connectivity index (χ0) is 15.8. The Balaban J connectivity index is 1.89. The molecule has 0 bridgehead atoms. The van der Waals surface area contributed by atoms with Gasteiger partial charge >= 0.3 is 0 Å². The molecule has 1 aromatic carbocycles. The average molecular weight is 299 g/mol. The number of aromatic nitrogens is 2. The van der Waals surface area contributed by atoms with E-state index in [1.165, 1.54) is 16.8 Å². The van der Waals surface area contributed by atoms with E-state index in [1.54, 1.807) is 0 Å². The third-order valence-corrected chi connectivity index (χ3v) is 3.38. The molecule has 6 heteroatoms. The molecule has 116 valence electrons. The standard InChI is InChI=1S/C16H21N5O/c1-12(2)16-14(11-19-20-16)10-13-4-6-15(7-5-13)22-9-3-8-18-21-17/h4-7,11-12H,3,8-10H2,1-2H3,(H,19,20). The molecular weight excluding hydrogens is 278 g/mol. The van der Waals surface area contributed by atoms with Crippen molar-refractivity contribution in [3.63, 3.8) is 0 Å². The predicted octanol–water partition coefficient (Wildman–Crippen LogP) is 4.20. The summed E-state index contributed by atoms with van der Waals surface area (Å²) >= 11 is 0.